The van der Waals surface area contributed by atoms with Crippen LogP contribution in [0.2, 0.25) is 5.02 Å². The van der Waals surface area contributed by atoms with Crippen molar-refractivity contribution in [2.24, 2.45) is 5.92 Å². The predicted octanol–water partition coefficient (Wildman–Crippen LogP) is 4.12. The van der Waals surface area contributed by atoms with Gasteiger partial charge in [0.25, 0.3) is 0 Å². The highest BCUT2D eigenvalue weighted by atomic mass is 35.5. The second-order valence-corrected chi connectivity index (χ2v) is 8.80. The molecule has 1 heterocycles. The molecule has 0 spiro atoms. The molecule has 2 saturated carbocycles. The van der Waals surface area contributed by atoms with Crippen molar-refractivity contribution in [3.05, 3.63) is 34.9 Å². The highest BCUT2D eigenvalue weighted by molar-refractivity contribution is 7.99. The van der Waals surface area contributed by atoms with Crippen LogP contribution in [0.1, 0.15) is 37.7 Å². The van der Waals surface area contributed by atoms with Gasteiger partial charge >= 0.3 is 0 Å². The maximum absolute atomic E-state index is 13.0. The van der Waals surface area contributed by atoms with Crippen LogP contribution in [0.25, 0.3) is 0 Å². The third kappa shape index (κ3) is 2.90. The molecule has 118 valence electrons. The summed E-state index contributed by atoms with van der Waals surface area (Å²) in [5, 5.41) is 1.40. The Morgan fingerprint density at radius 3 is 2.59 bits per heavy atom. The Kier molecular flexibility index (Phi) is 3.90. The minimum atomic E-state index is -0.235. The SMILES string of the molecule is O=C(N1CCC(SCC2CC2)C1)C1(c2ccc(Cl)cc2)CC1. The van der Waals surface area contributed by atoms with E-state index in [1.54, 1.807) is 0 Å². The van der Waals surface area contributed by atoms with Gasteiger partial charge in [-0.05, 0) is 61.5 Å². The summed E-state index contributed by atoms with van der Waals surface area (Å²) in [6.45, 7) is 1.89. The van der Waals surface area contributed by atoms with E-state index < -0.39 is 0 Å². The molecule has 2 nitrogen and oxygen atoms in total. The second kappa shape index (κ2) is 5.76. The standard InChI is InChI=1S/C18H22ClNOS/c19-15-5-3-14(4-6-15)18(8-9-18)17(21)20-10-7-16(11-20)22-12-13-1-2-13/h3-6,13,16H,1-2,7-12H2. The molecule has 22 heavy (non-hydrogen) atoms. The summed E-state index contributed by atoms with van der Waals surface area (Å²) in [6.07, 6.45) is 5.98. The molecule has 1 aromatic carbocycles. The van der Waals surface area contributed by atoms with Crippen molar-refractivity contribution in [2.45, 2.75) is 42.8 Å². The summed E-state index contributed by atoms with van der Waals surface area (Å²) >= 11 is 8.07. The lowest BCUT2D eigenvalue weighted by atomic mass is 9.94. The zero-order valence-corrected chi connectivity index (χ0v) is 14.3. The first-order valence-electron chi connectivity index (χ1n) is 8.34. The number of nitrogens with zero attached hydrogens (tertiary/aromatic N) is 1. The second-order valence-electron chi connectivity index (χ2n) is 7.03. The lowest BCUT2D eigenvalue weighted by Gasteiger charge is -2.23. The molecular weight excluding hydrogens is 314 g/mol. The summed E-state index contributed by atoms with van der Waals surface area (Å²) < 4.78 is 0. The molecule has 4 heteroatoms. The Morgan fingerprint density at radius 1 is 1.23 bits per heavy atom. The Bertz CT molecular complexity index is 565. The smallest absolute Gasteiger partial charge is 0.233 e. The fourth-order valence-electron chi connectivity index (χ4n) is 3.43. The maximum atomic E-state index is 13.0. The van der Waals surface area contributed by atoms with Crippen LogP contribution in [0.4, 0.5) is 0 Å². The van der Waals surface area contributed by atoms with E-state index in [-0.39, 0.29) is 5.41 Å². The third-order valence-electron chi connectivity index (χ3n) is 5.25. The van der Waals surface area contributed by atoms with E-state index >= 15 is 0 Å². The van der Waals surface area contributed by atoms with Crippen LogP contribution in [-0.2, 0) is 10.2 Å². The van der Waals surface area contributed by atoms with Gasteiger partial charge in [0.1, 0.15) is 0 Å². The van der Waals surface area contributed by atoms with Crippen LogP contribution < -0.4 is 0 Å². The molecule has 1 aliphatic heterocycles. The van der Waals surface area contributed by atoms with Gasteiger partial charge < -0.3 is 4.90 Å². The number of likely N-dealkylation sites (tertiary alicyclic amines) is 1. The molecule has 1 atom stereocenters. The Morgan fingerprint density at radius 2 is 1.95 bits per heavy atom. The van der Waals surface area contributed by atoms with Gasteiger partial charge in [-0.25, -0.2) is 0 Å². The fourth-order valence-corrected chi connectivity index (χ4v) is 4.99. The number of halogens is 1. The number of thioether (sulfide) groups is 1. The first-order valence-corrected chi connectivity index (χ1v) is 9.77. The van der Waals surface area contributed by atoms with E-state index in [4.69, 9.17) is 11.6 Å². The maximum Gasteiger partial charge on any atom is 0.233 e. The van der Waals surface area contributed by atoms with Crippen molar-refractivity contribution < 1.29 is 4.79 Å². The van der Waals surface area contributed by atoms with Crippen LogP contribution >= 0.6 is 23.4 Å². The van der Waals surface area contributed by atoms with Crippen LogP contribution in [-0.4, -0.2) is 34.9 Å². The normalized spacial score (nSPS) is 26.2. The van der Waals surface area contributed by atoms with Gasteiger partial charge in [0.05, 0.1) is 5.41 Å². The molecule has 0 aromatic heterocycles. The van der Waals surface area contributed by atoms with Gasteiger partial charge in [0.2, 0.25) is 5.91 Å². The highest BCUT2D eigenvalue weighted by Crippen LogP contribution is 2.50. The topological polar surface area (TPSA) is 20.3 Å². The summed E-state index contributed by atoms with van der Waals surface area (Å²) in [5.74, 6) is 2.62. The quantitative estimate of drug-likeness (QED) is 0.807. The van der Waals surface area contributed by atoms with Crippen LogP contribution in [0.15, 0.2) is 24.3 Å². The van der Waals surface area contributed by atoms with Crippen LogP contribution in [0.3, 0.4) is 0 Å². The highest BCUT2D eigenvalue weighted by Gasteiger charge is 2.53. The molecule has 0 bridgehead atoms. The number of carbonyl (C=O) groups excluding carboxylic acids is 1. The first kappa shape index (κ1) is 14.9. The molecule has 1 saturated heterocycles. The zero-order chi connectivity index (χ0) is 15.2. The van der Waals surface area contributed by atoms with Crippen molar-refractivity contribution in [1.82, 2.24) is 4.90 Å². The molecule has 1 aromatic rings. The molecule has 3 aliphatic rings. The van der Waals surface area contributed by atoms with Gasteiger partial charge in [-0.3, -0.25) is 4.79 Å². The number of carbonyl (C=O) groups is 1. The van der Waals surface area contributed by atoms with E-state index in [0.717, 1.165) is 42.4 Å². The molecule has 3 fully saturated rings. The largest absolute Gasteiger partial charge is 0.341 e. The van der Waals surface area contributed by atoms with E-state index in [1.807, 2.05) is 24.3 Å². The number of rotatable bonds is 5. The summed E-state index contributed by atoms with van der Waals surface area (Å²) in [6, 6.07) is 7.87. The predicted molar refractivity (Wildman–Crippen MR) is 92.5 cm³/mol. The summed E-state index contributed by atoms with van der Waals surface area (Å²) in [5.41, 5.74) is 0.914. The molecule has 0 radical (unpaired) electrons. The molecule has 1 unspecified atom stereocenters. The van der Waals surface area contributed by atoms with Gasteiger partial charge in [-0.1, -0.05) is 23.7 Å². The third-order valence-corrected chi connectivity index (χ3v) is 7.02. The minimum Gasteiger partial charge on any atom is -0.341 e. The Labute approximate surface area is 141 Å². The number of hydrogen-bond donors (Lipinski definition) is 0. The fraction of sp³-hybridized carbons (Fsp3) is 0.611. The molecule has 2 aliphatic carbocycles. The van der Waals surface area contributed by atoms with Crippen molar-refractivity contribution >= 4 is 29.3 Å². The molecule has 0 N–H and O–H groups in total. The van der Waals surface area contributed by atoms with Crippen molar-refractivity contribution in [3.8, 4) is 0 Å². The lowest BCUT2D eigenvalue weighted by Crippen LogP contribution is -2.38. The number of amides is 1. The van der Waals surface area contributed by atoms with Gasteiger partial charge in [-0.2, -0.15) is 11.8 Å². The molecule has 1 amide bonds. The Hall–Kier alpha value is -0.670. The monoisotopic (exact) mass is 335 g/mol. The molecule has 4 rings (SSSR count). The van der Waals surface area contributed by atoms with Crippen molar-refractivity contribution in [3.63, 3.8) is 0 Å². The van der Waals surface area contributed by atoms with E-state index in [2.05, 4.69) is 16.7 Å². The van der Waals surface area contributed by atoms with E-state index in [0.29, 0.717) is 11.2 Å². The zero-order valence-electron chi connectivity index (χ0n) is 12.8. The number of benzene rings is 1. The summed E-state index contributed by atoms with van der Waals surface area (Å²) in [7, 11) is 0. The average molecular weight is 336 g/mol. The number of hydrogen-bond acceptors (Lipinski definition) is 2. The van der Waals surface area contributed by atoms with Crippen LogP contribution in [0, 0.1) is 5.92 Å². The van der Waals surface area contributed by atoms with Gasteiger partial charge in [0.15, 0.2) is 0 Å². The first-order chi connectivity index (χ1) is 10.7. The van der Waals surface area contributed by atoms with Crippen molar-refractivity contribution in [2.75, 3.05) is 18.8 Å². The van der Waals surface area contributed by atoms with E-state index in [1.165, 1.54) is 25.0 Å². The lowest BCUT2D eigenvalue weighted by molar-refractivity contribution is -0.132. The van der Waals surface area contributed by atoms with Crippen LogP contribution in [0.5, 0.6) is 0 Å². The van der Waals surface area contributed by atoms with E-state index in [9.17, 15) is 4.79 Å². The molecular formula is C18H22ClNOS. The summed E-state index contributed by atoms with van der Waals surface area (Å²) in [4.78, 5) is 15.1. The van der Waals surface area contributed by atoms with Gasteiger partial charge in [-0.15, -0.1) is 0 Å². The van der Waals surface area contributed by atoms with Gasteiger partial charge in [0, 0.05) is 23.4 Å². The average Bonchev–Trinajstić information content (AvgIpc) is 3.45. The van der Waals surface area contributed by atoms with Crippen molar-refractivity contribution in [1.29, 1.82) is 0 Å². The Balaban J connectivity index is 1.40. The minimum absolute atomic E-state index is 0.235.